The van der Waals surface area contributed by atoms with Crippen LogP contribution in [-0.2, 0) is 14.3 Å². The maximum atomic E-state index is 9.10. The quantitative estimate of drug-likeness (QED) is 0.514. The molecule has 0 bridgehead atoms. The van der Waals surface area contributed by atoms with Gasteiger partial charge in [-0.1, -0.05) is 30.1 Å². The fourth-order valence-corrected chi connectivity index (χ4v) is 2.85. The molecule has 1 aliphatic heterocycles. The van der Waals surface area contributed by atoms with Crippen molar-refractivity contribution >= 4 is 35.1 Å². The van der Waals surface area contributed by atoms with Gasteiger partial charge in [0.05, 0.1) is 18.2 Å². The van der Waals surface area contributed by atoms with Gasteiger partial charge in [-0.2, -0.15) is 0 Å². The topological polar surface area (TPSA) is 96.3 Å². The second kappa shape index (κ2) is 12.8. The zero-order chi connectivity index (χ0) is 20.2. The van der Waals surface area contributed by atoms with Gasteiger partial charge in [0.15, 0.2) is 0 Å². The lowest BCUT2D eigenvalue weighted by molar-refractivity contribution is -0.159. The number of likely N-dealkylation sites (tertiary alicyclic amines) is 1. The van der Waals surface area contributed by atoms with E-state index in [2.05, 4.69) is 11.8 Å². The molecule has 9 heteroatoms. The van der Waals surface area contributed by atoms with E-state index in [4.69, 9.17) is 52.5 Å². The SMILES string of the molecule is CC1CCN(CCOCCOc2ccc(Cl)cc2Cl)CC1.O=C(O)C(=O)O. The Labute approximate surface area is 168 Å². The second-order valence-electron chi connectivity index (χ2n) is 6.17. The van der Waals surface area contributed by atoms with Crippen LogP contribution >= 0.6 is 23.2 Å². The maximum absolute atomic E-state index is 9.10. The highest BCUT2D eigenvalue weighted by Crippen LogP contribution is 2.27. The Kier molecular flexibility index (Phi) is 11.1. The highest BCUT2D eigenvalue weighted by atomic mass is 35.5. The Bertz CT molecular complexity index is 594. The Balaban J connectivity index is 0.000000527. The average molecular weight is 422 g/mol. The van der Waals surface area contributed by atoms with Crippen molar-refractivity contribution in [2.75, 3.05) is 39.5 Å². The van der Waals surface area contributed by atoms with Crippen LogP contribution in [0.5, 0.6) is 5.75 Å². The van der Waals surface area contributed by atoms with Crippen molar-refractivity contribution in [1.29, 1.82) is 0 Å². The van der Waals surface area contributed by atoms with Crippen molar-refractivity contribution in [2.24, 2.45) is 5.92 Å². The summed E-state index contributed by atoms with van der Waals surface area (Å²) in [5, 5.41) is 15.9. The van der Waals surface area contributed by atoms with Gasteiger partial charge in [-0.05, 0) is 50.0 Å². The Hall–Kier alpha value is -1.54. The zero-order valence-electron chi connectivity index (χ0n) is 15.2. The van der Waals surface area contributed by atoms with Gasteiger partial charge in [0.25, 0.3) is 0 Å². The Morgan fingerprint density at radius 2 is 1.74 bits per heavy atom. The molecule has 0 radical (unpaired) electrons. The highest BCUT2D eigenvalue weighted by Gasteiger charge is 2.14. The van der Waals surface area contributed by atoms with E-state index in [1.54, 1.807) is 18.2 Å². The van der Waals surface area contributed by atoms with Gasteiger partial charge in [0.2, 0.25) is 0 Å². The largest absolute Gasteiger partial charge is 0.490 e. The van der Waals surface area contributed by atoms with Gasteiger partial charge in [0, 0.05) is 11.6 Å². The first-order chi connectivity index (χ1) is 12.8. The molecule has 27 heavy (non-hydrogen) atoms. The normalized spacial score (nSPS) is 14.9. The molecule has 1 fully saturated rings. The first-order valence-electron chi connectivity index (χ1n) is 8.63. The van der Waals surface area contributed by atoms with Gasteiger partial charge in [-0.15, -0.1) is 0 Å². The van der Waals surface area contributed by atoms with E-state index in [1.807, 2.05) is 0 Å². The van der Waals surface area contributed by atoms with E-state index >= 15 is 0 Å². The van der Waals surface area contributed by atoms with Crippen molar-refractivity contribution in [3.63, 3.8) is 0 Å². The van der Waals surface area contributed by atoms with E-state index in [1.165, 1.54) is 25.9 Å². The summed E-state index contributed by atoms with van der Waals surface area (Å²) in [5.74, 6) is -2.13. The number of aliphatic carboxylic acids is 2. The number of halogens is 2. The molecule has 0 saturated carbocycles. The number of hydrogen-bond acceptors (Lipinski definition) is 5. The number of carboxylic acids is 2. The molecule has 2 rings (SSSR count). The standard InChI is InChI=1S/C16H23Cl2NO2.C2H2O4/c1-13-4-6-19(7-5-13)8-9-20-10-11-21-16-3-2-14(17)12-15(16)18;3-1(4)2(5)6/h2-3,12-13H,4-11H2,1H3;(H,3,4)(H,5,6). The lowest BCUT2D eigenvalue weighted by atomic mass is 9.99. The van der Waals surface area contributed by atoms with Crippen molar-refractivity contribution in [3.8, 4) is 5.75 Å². The van der Waals surface area contributed by atoms with Crippen LogP contribution in [0.2, 0.25) is 10.0 Å². The lowest BCUT2D eigenvalue weighted by Crippen LogP contribution is -2.35. The lowest BCUT2D eigenvalue weighted by Gasteiger charge is -2.29. The number of ether oxygens (including phenoxy) is 2. The molecule has 2 N–H and O–H groups in total. The van der Waals surface area contributed by atoms with Crippen molar-refractivity contribution < 1.29 is 29.3 Å². The number of piperidine rings is 1. The summed E-state index contributed by atoms with van der Waals surface area (Å²) in [7, 11) is 0. The van der Waals surface area contributed by atoms with Crippen LogP contribution < -0.4 is 4.74 Å². The molecule has 0 spiro atoms. The highest BCUT2D eigenvalue weighted by molar-refractivity contribution is 6.35. The molecule has 1 aliphatic rings. The minimum Gasteiger partial charge on any atom is -0.490 e. The third-order valence-corrected chi connectivity index (χ3v) is 4.52. The molecular formula is C18H25Cl2NO6. The van der Waals surface area contributed by atoms with Crippen LogP contribution in [-0.4, -0.2) is 66.5 Å². The third-order valence-electron chi connectivity index (χ3n) is 3.99. The van der Waals surface area contributed by atoms with Crippen molar-refractivity contribution in [3.05, 3.63) is 28.2 Å². The first-order valence-corrected chi connectivity index (χ1v) is 9.39. The zero-order valence-corrected chi connectivity index (χ0v) is 16.7. The summed E-state index contributed by atoms with van der Waals surface area (Å²) >= 11 is 11.9. The third kappa shape index (κ3) is 10.4. The molecule has 7 nitrogen and oxygen atoms in total. The second-order valence-corrected chi connectivity index (χ2v) is 7.01. The number of nitrogens with zero attached hydrogens (tertiary/aromatic N) is 1. The van der Waals surface area contributed by atoms with E-state index in [0.29, 0.717) is 29.0 Å². The number of carbonyl (C=O) groups is 2. The predicted molar refractivity (Wildman–Crippen MR) is 103 cm³/mol. The van der Waals surface area contributed by atoms with Crippen LogP contribution in [0.25, 0.3) is 0 Å². The molecule has 0 aliphatic carbocycles. The fourth-order valence-electron chi connectivity index (χ4n) is 2.38. The first kappa shape index (κ1) is 23.5. The van der Waals surface area contributed by atoms with Crippen LogP contribution in [0.3, 0.4) is 0 Å². The molecule has 0 unspecified atom stereocenters. The van der Waals surface area contributed by atoms with Crippen molar-refractivity contribution in [1.82, 2.24) is 4.90 Å². The van der Waals surface area contributed by atoms with Crippen molar-refractivity contribution in [2.45, 2.75) is 19.8 Å². The Morgan fingerprint density at radius 3 is 2.30 bits per heavy atom. The molecule has 1 aromatic rings. The van der Waals surface area contributed by atoms with Gasteiger partial charge in [-0.25, -0.2) is 9.59 Å². The molecule has 1 aromatic carbocycles. The minimum atomic E-state index is -1.82. The summed E-state index contributed by atoms with van der Waals surface area (Å²) in [6.07, 6.45) is 2.61. The predicted octanol–water partition coefficient (Wildman–Crippen LogP) is 3.28. The fraction of sp³-hybridized carbons (Fsp3) is 0.556. The van der Waals surface area contributed by atoms with Gasteiger partial charge >= 0.3 is 11.9 Å². The average Bonchev–Trinajstić information content (AvgIpc) is 2.61. The van der Waals surface area contributed by atoms with Gasteiger partial charge in [-0.3, -0.25) is 0 Å². The van der Waals surface area contributed by atoms with Crippen LogP contribution in [0.4, 0.5) is 0 Å². The van der Waals surface area contributed by atoms with Gasteiger partial charge < -0.3 is 24.6 Å². The maximum Gasteiger partial charge on any atom is 0.414 e. The molecule has 1 saturated heterocycles. The number of rotatable bonds is 7. The van der Waals surface area contributed by atoms with Crippen LogP contribution in [0, 0.1) is 5.92 Å². The monoisotopic (exact) mass is 421 g/mol. The molecular weight excluding hydrogens is 397 g/mol. The molecule has 0 atom stereocenters. The number of carboxylic acid groups (broad SMARTS) is 2. The summed E-state index contributed by atoms with van der Waals surface area (Å²) in [6.45, 7) is 7.55. The van der Waals surface area contributed by atoms with E-state index in [-0.39, 0.29) is 0 Å². The number of hydrogen-bond donors (Lipinski definition) is 2. The van der Waals surface area contributed by atoms with E-state index in [9.17, 15) is 0 Å². The number of benzene rings is 1. The van der Waals surface area contributed by atoms with Crippen LogP contribution in [0.15, 0.2) is 18.2 Å². The van der Waals surface area contributed by atoms with Crippen LogP contribution in [0.1, 0.15) is 19.8 Å². The minimum absolute atomic E-state index is 0.498. The molecule has 1 heterocycles. The van der Waals surface area contributed by atoms with E-state index in [0.717, 1.165) is 19.1 Å². The smallest absolute Gasteiger partial charge is 0.414 e. The summed E-state index contributed by atoms with van der Waals surface area (Å²) in [4.78, 5) is 20.7. The van der Waals surface area contributed by atoms with Gasteiger partial charge in [0.1, 0.15) is 12.4 Å². The summed E-state index contributed by atoms with van der Waals surface area (Å²) in [5.41, 5.74) is 0. The molecule has 152 valence electrons. The summed E-state index contributed by atoms with van der Waals surface area (Å²) in [6, 6.07) is 5.22. The molecule has 0 amide bonds. The van der Waals surface area contributed by atoms with E-state index < -0.39 is 11.9 Å². The molecule has 0 aromatic heterocycles. The summed E-state index contributed by atoms with van der Waals surface area (Å²) < 4.78 is 11.2. The Morgan fingerprint density at radius 1 is 1.11 bits per heavy atom.